The monoisotopic (exact) mass is 424 g/mol. The van der Waals surface area contributed by atoms with Gasteiger partial charge in [-0.3, -0.25) is 9.69 Å². The molecule has 0 spiro atoms. The molecule has 0 bridgehead atoms. The molecule has 2 amide bonds. The van der Waals surface area contributed by atoms with Crippen molar-refractivity contribution in [2.45, 2.75) is 51.8 Å². The summed E-state index contributed by atoms with van der Waals surface area (Å²) in [6, 6.07) is 6.70. The van der Waals surface area contributed by atoms with E-state index in [1.54, 1.807) is 13.3 Å². The molecule has 3 heterocycles. The number of hydrogen-bond donors (Lipinski definition) is 0. The molecule has 2 aromatic rings. The zero-order valence-corrected chi connectivity index (χ0v) is 18.4. The van der Waals surface area contributed by atoms with Gasteiger partial charge in [0, 0.05) is 30.4 Å². The number of methoxy groups -OCH3 is 1. The molecule has 2 aliphatic rings. The topological polar surface area (TPSA) is 84.9 Å². The highest BCUT2D eigenvalue weighted by atomic mass is 16.6. The van der Waals surface area contributed by atoms with Crippen LogP contribution in [0.25, 0.3) is 11.4 Å². The Labute approximate surface area is 182 Å². The van der Waals surface area contributed by atoms with Crippen molar-refractivity contribution in [1.82, 2.24) is 19.8 Å². The molecule has 4 rings (SSSR count). The highest BCUT2D eigenvalue weighted by Gasteiger charge is 2.43. The molecule has 1 saturated heterocycles. The maximum absolute atomic E-state index is 13.3. The van der Waals surface area contributed by atoms with E-state index in [0.717, 1.165) is 24.2 Å². The first-order chi connectivity index (χ1) is 14.8. The van der Waals surface area contributed by atoms with Crippen LogP contribution in [0.2, 0.25) is 0 Å². The lowest BCUT2D eigenvalue weighted by molar-refractivity contribution is -0.135. The van der Waals surface area contributed by atoms with Crippen LogP contribution in [0, 0.1) is 0 Å². The second kappa shape index (κ2) is 8.17. The van der Waals surface area contributed by atoms with Crippen LogP contribution in [0.4, 0.5) is 4.79 Å². The van der Waals surface area contributed by atoms with Crippen molar-refractivity contribution in [3.63, 3.8) is 0 Å². The lowest BCUT2D eigenvalue weighted by atomic mass is 10.1. The van der Waals surface area contributed by atoms with Gasteiger partial charge >= 0.3 is 6.09 Å². The van der Waals surface area contributed by atoms with Gasteiger partial charge in [-0.1, -0.05) is 0 Å². The number of carbonyl (C=O) groups is 2. The molecule has 164 valence electrons. The Morgan fingerprint density at radius 2 is 1.77 bits per heavy atom. The number of likely N-dealkylation sites (tertiary alicyclic amines) is 1. The van der Waals surface area contributed by atoms with Crippen LogP contribution in [-0.2, 0) is 16.1 Å². The first-order valence-electron chi connectivity index (χ1n) is 10.6. The van der Waals surface area contributed by atoms with Crippen LogP contribution < -0.4 is 4.74 Å². The van der Waals surface area contributed by atoms with E-state index in [1.807, 2.05) is 49.9 Å². The summed E-state index contributed by atoms with van der Waals surface area (Å²) in [4.78, 5) is 38.8. The maximum atomic E-state index is 13.3. The minimum Gasteiger partial charge on any atom is -0.497 e. The third kappa shape index (κ3) is 4.33. The molecule has 0 aliphatic carbocycles. The summed E-state index contributed by atoms with van der Waals surface area (Å²) in [6.45, 7) is 7.06. The molecule has 0 N–H and O–H groups in total. The quantitative estimate of drug-likeness (QED) is 0.749. The highest BCUT2D eigenvalue weighted by Crippen LogP contribution is 2.36. The number of fused-ring (bicyclic) bond motifs is 1. The normalized spacial score (nSPS) is 18.1. The van der Waals surface area contributed by atoms with Crippen LogP contribution in [-0.4, -0.2) is 57.6 Å². The van der Waals surface area contributed by atoms with Gasteiger partial charge in [-0.2, -0.15) is 0 Å². The molecule has 1 fully saturated rings. The van der Waals surface area contributed by atoms with E-state index in [0.29, 0.717) is 30.2 Å². The van der Waals surface area contributed by atoms with Crippen LogP contribution in [0.1, 0.15) is 50.9 Å². The van der Waals surface area contributed by atoms with E-state index in [4.69, 9.17) is 14.5 Å². The largest absolute Gasteiger partial charge is 0.497 e. The molecule has 1 aromatic heterocycles. The van der Waals surface area contributed by atoms with Crippen LogP contribution in [0.5, 0.6) is 5.75 Å². The Balaban J connectivity index is 1.67. The predicted octanol–water partition coefficient (Wildman–Crippen LogP) is 3.57. The fraction of sp³-hybridized carbons (Fsp3) is 0.478. The lowest BCUT2D eigenvalue weighted by Gasteiger charge is -2.30. The van der Waals surface area contributed by atoms with Crippen LogP contribution in [0.15, 0.2) is 30.5 Å². The third-order valence-electron chi connectivity index (χ3n) is 5.45. The van der Waals surface area contributed by atoms with Crippen LogP contribution in [0.3, 0.4) is 0 Å². The summed E-state index contributed by atoms with van der Waals surface area (Å²) in [5, 5.41) is 0. The Morgan fingerprint density at radius 1 is 1.10 bits per heavy atom. The minimum atomic E-state index is -0.757. The van der Waals surface area contributed by atoms with Gasteiger partial charge in [0.25, 0.3) is 0 Å². The van der Waals surface area contributed by atoms with Gasteiger partial charge in [0.05, 0.1) is 19.3 Å². The van der Waals surface area contributed by atoms with E-state index < -0.39 is 17.7 Å². The molecule has 8 heteroatoms. The number of rotatable bonds is 3. The van der Waals surface area contributed by atoms with E-state index in [-0.39, 0.29) is 12.5 Å². The second-order valence-electron chi connectivity index (χ2n) is 8.87. The van der Waals surface area contributed by atoms with Gasteiger partial charge in [-0.15, -0.1) is 0 Å². The lowest BCUT2D eigenvalue weighted by Crippen LogP contribution is -2.43. The molecule has 1 aromatic carbocycles. The molecule has 31 heavy (non-hydrogen) atoms. The smallest absolute Gasteiger partial charge is 0.411 e. The third-order valence-corrected chi connectivity index (χ3v) is 5.45. The number of ether oxygens (including phenoxy) is 2. The van der Waals surface area contributed by atoms with E-state index in [2.05, 4.69) is 4.98 Å². The number of benzene rings is 1. The van der Waals surface area contributed by atoms with Gasteiger partial charge in [-0.05, 0) is 57.9 Å². The number of nitrogens with zero attached hydrogens (tertiary/aromatic N) is 4. The summed E-state index contributed by atoms with van der Waals surface area (Å²) in [5.74, 6) is 1.19. The van der Waals surface area contributed by atoms with Crippen LogP contribution >= 0.6 is 0 Å². The molecule has 8 nitrogen and oxygen atoms in total. The molecule has 0 unspecified atom stereocenters. The van der Waals surface area contributed by atoms with Crippen molar-refractivity contribution in [2.24, 2.45) is 0 Å². The Hall–Kier alpha value is -3.16. The van der Waals surface area contributed by atoms with Gasteiger partial charge in [-0.25, -0.2) is 14.8 Å². The number of amides is 2. The highest BCUT2D eigenvalue weighted by molar-refractivity contribution is 5.88. The summed E-state index contributed by atoms with van der Waals surface area (Å²) < 4.78 is 10.8. The SMILES string of the molecule is COc1ccc(-c2ncc3c(n2)CN(C(=O)OC(C)(C)C)[C@H]3C(=O)N2CCCC2)cc1. The summed E-state index contributed by atoms with van der Waals surface area (Å²) >= 11 is 0. The minimum absolute atomic E-state index is 0.0945. The van der Waals surface area contributed by atoms with Gasteiger partial charge < -0.3 is 14.4 Å². The van der Waals surface area contributed by atoms with Crippen molar-refractivity contribution in [3.8, 4) is 17.1 Å². The maximum Gasteiger partial charge on any atom is 0.411 e. The number of aromatic nitrogens is 2. The zero-order valence-electron chi connectivity index (χ0n) is 18.4. The average Bonchev–Trinajstić information content (AvgIpc) is 3.40. The molecule has 0 radical (unpaired) electrons. The zero-order chi connectivity index (χ0) is 22.2. The predicted molar refractivity (Wildman–Crippen MR) is 114 cm³/mol. The number of hydrogen-bond acceptors (Lipinski definition) is 6. The molecular formula is C23H28N4O4. The standard InChI is InChI=1S/C23H28N4O4/c1-23(2,3)31-22(29)27-14-18-17(19(27)21(28)26-11-5-6-12-26)13-24-20(25-18)15-7-9-16(30-4)10-8-15/h7-10,13,19H,5-6,11-12,14H2,1-4H3/t19-/m1/s1. The summed E-state index contributed by atoms with van der Waals surface area (Å²) in [7, 11) is 1.61. The molecular weight excluding hydrogens is 396 g/mol. The van der Waals surface area contributed by atoms with E-state index >= 15 is 0 Å². The van der Waals surface area contributed by atoms with Crippen molar-refractivity contribution in [2.75, 3.05) is 20.2 Å². The average molecular weight is 425 g/mol. The van der Waals surface area contributed by atoms with E-state index in [9.17, 15) is 9.59 Å². The Bertz CT molecular complexity index is 978. The fourth-order valence-corrected chi connectivity index (χ4v) is 3.95. The molecule has 0 saturated carbocycles. The molecule has 2 aliphatic heterocycles. The Morgan fingerprint density at radius 3 is 2.39 bits per heavy atom. The fourth-order valence-electron chi connectivity index (χ4n) is 3.95. The molecule has 1 atom stereocenters. The van der Waals surface area contributed by atoms with Crippen molar-refractivity contribution >= 4 is 12.0 Å². The summed E-state index contributed by atoms with van der Waals surface area (Å²) in [5.41, 5.74) is 1.51. The van der Waals surface area contributed by atoms with Crippen molar-refractivity contribution < 1.29 is 19.1 Å². The summed E-state index contributed by atoms with van der Waals surface area (Å²) in [6.07, 6.45) is 3.11. The van der Waals surface area contributed by atoms with Crippen molar-refractivity contribution in [3.05, 3.63) is 41.7 Å². The Kier molecular flexibility index (Phi) is 5.56. The number of carbonyl (C=O) groups excluding carboxylic acids is 2. The first kappa shape index (κ1) is 21.1. The second-order valence-corrected chi connectivity index (χ2v) is 8.87. The van der Waals surface area contributed by atoms with E-state index in [1.165, 1.54) is 4.90 Å². The van der Waals surface area contributed by atoms with Gasteiger partial charge in [0.1, 0.15) is 17.4 Å². The van der Waals surface area contributed by atoms with Crippen molar-refractivity contribution in [1.29, 1.82) is 0 Å². The van der Waals surface area contributed by atoms with Gasteiger partial charge in [0.15, 0.2) is 5.82 Å². The van der Waals surface area contributed by atoms with Gasteiger partial charge in [0.2, 0.25) is 5.91 Å². The first-order valence-corrected chi connectivity index (χ1v) is 10.6.